The Balaban J connectivity index is 1.50. The van der Waals surface area contributed by atoms with Gasteiger partial charge in [-0.3, -0.25) is 14.8 Å². The molecule has 1 aromatic carbocycles. The lowest BCUT2D eigenvalue weighted by Gasteiger charge is -2.33. The molecule has 0 spiro atoms. The largest absolute Gasteiger partial charge is 0.419 e. The number of hydrogen-bond donors (Lipinski definition) is 1. The summed E-state index contributed by atoms with van der Waals surface area (Å²) < 4.78 is 39.3. The molecule has 1 amide bonds. The Hall–Kier alpha value is -2.21. The van der Waals surface area contributed by atoms with Gasteiger partial charge in [0.25, 0.3) is 0 Å². The van der Waals surface area contributed by atoms with Gasteiger partial charge in [0, 0.05) is 39.3 Å². The highest BCUT2D eigenvalue weighted by Gasteiger charge is 2.34. The minimum absolute atomic E-state index is 0.0496. The first-order chi connectivity index (χ1) is 13.9. The third kappa shape index (κ3) is 3.95. The summed E-state index contributed by atoms with van der Waals surface area (Å²) in [4.78, 5) is 24.3. The number of rotatable bonds is 4. The van der Waals surface area contributed by atoms with E-state index >= 15 is 0 Å². The molecular weight excluding hydrogens is 400 g/mol. The molecule has 2 fully saturated rings. The quantitative estimate of drug-likeness (QED) is 0.729. The van der Waals surface area contributed by atoms with Gasteiger partial charge in [-0.1, -0.05) is 0 Å². The lowest BCUT2D eigenvalue weighted by atomic mass is 9.99. The number of aryl methyl sites for hydroxylation is 1. The molecule has 0 aliphatic carbocycles. The average Bonchev–Trinajstić information content (AvgIpc) is 3.02. The third-order valence-electron chi connectivity index (χ3n) is 5.44. The number of fused-ring (bicyclic) bond motifs is 1. The smallest absolute Gasteiger partial charge is 0.408 e. The molecule has 10 nitrogen and oxygen atoms in total. The Morgan fingerprint density at radius 2 is 1.97 bits per heavy atom. The van der Waals surface area contributed by atoms with E-state index < -0.39 is 21.7 Å². The van der Waals surface area contributed by atoms with Gasteiger partial charge >= 0.3 is 5.76 Å². The molecule has 2 aromatic rings. The van der Waals surface area contributed by atoms with Crippen LogP contribution in [0, 0.1) is 5.92 Å². The molecule has 1 aromatic heterocycles. The molecule has 3 heterocycles. The fraction of sp³-hybridized carbons (Fsp3) is 0.556. The first-order valence-corrected chi connectivity index (χ1v) is 11.0. The highest BCUT2D eigenvalue weighted by molar-refractivity contribution is 7.89. The zero-order valence-corrected chi connectivity index (χ0v) is 17.0. The molecule has 2 aliphatic rings. The van der Waals surface area contributed by atoms with Crippen molar-refractivity contribution in [2.24, 2.45) is 13.0 Å². The zero-order chi connectivity index (χ0) is 20.6. The van der Waals surface area contributed by atoms with Gasteiger partial charge in [-0.05, 0) is 25.0 Å². The summed E-state index contributed by atoms with van der Waals surface area (Å²) in [7, 11) is -2.25. The maximum absolute atomic E-state index is 13.1. The summed E-state index contributed by atoms with van der Waals surface area (Å²) in [6.07, 6.45) is 1.23. The molecule has 11 heteroatoms. The van der Waals surface area contributed by atoms with Crippen molar-refractivity contribution in [3.05, 3.63) is 28.7 Å². The summed E-state index contributed by atoms with van der Waals surface area (Å²) in [6.45, 7) is 2.81. The first kappa shape index (κ1) is 20.1. The van der Waals surface area contributed by atoms with Crippen LogP contribution in [0.5, 0.6) is 0 Å². The first-order valence-electron chi connectivity index (χ1n) is 9.59. The standard InChI is InChI=1S/C18H24N4O6S/c1-20-15-5-4-14(11-16(15)28-18(20)24)29(25,26)22-6-2-3-13(12-22)17(23)19-21-7-9-27-10-8-21/h4-5,11,13H,2-3,6-10,12H2,1H3,(H,19,23)/t13-/m1/s1. The van der Waals surface area contributed by atoms with Crippen LogP contribution in [0.15, 0.2) is 32.3 Å². The number of piperidine rings is 1. The molecule has 1 N–H and O–H groups in total. The van der Waals surface area contributed by atoms with E-state index in [9.17, 15) is 18.0 Å². The fourth-order valence-corrected chi connectivity index (χ4v) is 5.26. The Labute approximate surface area is 168 Å². The summed E-state index contributed by atoms with van der Waals surface area (Å²) in [5.74, 6) is -1.14. The average molecular weight is 424 g/mol. The molecule has 29 heavy (non-hydrogen) atoms. The summed E-state index contributed by atoms with van der Waals surface area (Å²) >= 11 is 0. The Morgan fingerprint density at radius 1 is 1.21 bits per heavy atom. The molecular formula is C18H24N4O6S. The van der Waals surface area contributed by atoms with Crippen LogP contribution in [0.25, 0.3) is 11.1 Å². The predicted molar refractivity (Wildman–Crippen MR) is 103 cm³/mol. The number of oxazole rings is 1. The van der Waals surface area contributed by atoms with Crippen LogP contribution in [0.1, 0.15) is 12.8 Å². The molecule has 0 unspecified atom stereocenters. The van der Waals surface area contributed by atoms with Crippen LogP contribution in [0.4, 0.5) is 0 Å². The van der Waals surface area contributed by atoms with E-state index in [0.29, 0.717) is 51.2 Å². The second-order valence-corrected chi connectivity index (χ2v) is 9.27. The highest BCUT2D eigenvalue weighted by atomic mass is 32.2. The number of aromatic nitrogens is 1. The lowest BCUT2D eigenvalue weighted by molar-refractivity contribution is -0.133. The minimum Gasteiger partial charge on any atom is -0.408 e. The summed E-state index contributed by atoms with van der Waals surface area (Å²) in [5, 5.41) is 1.81. The molecule has 4 rings (SSSR count). The maximum Gasteiger partial charge on any atom is 0.419 e. The van der Waals surface area contributed by atoms with Crippen molar-refractivity contribution in [2.45, 2.75) is 17.7 Å². The number of hydrazine groups is 1. The van der Waals surface area contributed by atoms with Crippen LogP contribution in [0.3, 0.4) is 0 Å². The number of carbonyl (C=O) groups excluding carboxylic acids is 1. The van der Waals surface area contributed by atoms with E-state index in [1.807, 2.05) is 5.01 Å². The van der Waals surface area contributed by atoms with Crippen molar-refractivity contribution < 1.29 is 22.4 Å². The Bertz CT molecular complexity index is 1070. The molecule has 2 saturated heterocycles. The van der Waals surface area contributed by atoms with Crippen LogP contribution >= 0.6 is 0 Å². The van der Waals surface area contributed by atoms with Crippen LogP contribution < -0.4 is 11.2 Å². The molecule has 0 saturated carbocycles. The number of carbonyl (C=O) groups is 1. The second-order valence-electron chi connectivity index (χ2n) is 7.33. The van der Waals surface area contributed by atoms with Gasteiger partial charge in [0.05, 0.1) is 29.5 Å². The summed E-state index contributed by atoms with van der Waals surface area (Å²) in [5.41, 5.74) is 3.62. The van der Waals surface area contributed by atoms with E-state index in [0.717, 1.165) is 0 Å². The summed E-state index contributed by atoms with van der Waals surface area (Å²) in [6, 6.07) is 4.38. The van der Waals surface area contributed by atoms with E-state index in [2.05, 4.69) is 5.43 Å². The van der Waals surface area contributed by atoms with Crippen molar-refractivity contribution >= 4 is 27.0 Å². The maximum atomic E-state index is 13.1. The number of amides is 1. The van der Waals surface area contributed by atoms with Crippen molar-refractivity contribution in [1.82, 2.24) is 19.3 Å². The van der Waals surface area contributed by atoms with Gasteiger partial charge in [-0.25, -0.2) is 18.2 Å². The SMILES string of the molecule is Cn1c(=O)oc2cc(S(=O)(=O)N3CCC[C@@H](C(=O)NN4CCOCC4)C3)ccc21. The van der Waals surface area contributed by atoms with Crippen molar-refractivity contribution in [2.75, 3.05) is 39.4 Å². The molecule has 1 atom stereocenters. The van der Waals surface area contributed by atoms with Gasteiger partial charge in [0.2, 0.25) is 15.9 Å². The minimum atomic E-state index is -3.81. The van der Waals surface area contributed by atoms with Crippen LogP contribution in [-0.4, -0.2) is 67.6 Å². The van der Waals surface area contributed by atoms with Gasteiger partial charge in [0.15, 0.2) is 5.58 Å². The molecule has 0 bridgehead atoms. The van der Waals surface area contributed by atoms with Gasteiger partial charge in [-0.2, -0.15) is 4.31 Å². The number of nitrogens with one attached hydrogen (secondary N) is 1. The van der Waals surface area contributed by atoms with E-state index in [1.54, 1.807) is 13.1 Å². The van der Waals surface area contributed by atoms with Crippen molar-refractivity contribution in [3.8, 4) is 0 Å². The number of benzene rings is 1. The monoisotopic (exact) mass is 424 g/mol. The predicted octanol–water partition coefficient (Wildman–Crippen LogP) is -0.104. The van der Waals surface area contributed by atoms with Crippen LogP contribution in [-0.2, 0) is 26.6 Å². The van der Waals surface area contributed by atoms with Gasteiger partial charge < -0.3 is 9.15 Å². The van der Waals surface area contributed by atoms with Crippen LogP contribution in [0.2, 0.25) is 0 Å². The van der Waals surface area contributed by atoms with Crippen molar-refractivity contribution in [1.29, 1.82) is 0 Å². The van der Waals surface area contributed by atoms with E-state index in [4.69, 9.17) is 9.15 Å². The third-order valence-corrected chi connectivity index (χ3v) is 7.30. The topological polar surface area (TPSA) is 114 Å². The molecule has 0 radical (unpaired) electrons. The zero-order valence-electron chi connectivity index (χ0n) is 16.2. The second kappa shape index (κ2) is 7.90. The number of hydrogen-bond acceptors (Lipinski definition) is 7. The van der Waals surface area contributed by atoms with Gasteiger partial charge in [-0.15, -0.1) is 0 Å². The highest BCUT2D eigenvalue weighted by Crippen LogP contribution is 2.26. The number of sulfonamides is 1. The molecule has 2 aliphatic heterocycles. The van der Waals surface area contributed by atoms with E-state index in [-0.39, 0.29) is 22.9 Å². The number of ether oxygens (including phenoxy) is 1. The van der Waals surface area contributed by atoms with Crippen molar-refractivity contribution in [3.63, 3.8) is 0 Å². The number of nitrogens with zero attached hydrogens (tertiary/aromatic N) is 3. The molecule has 158 valence electrons. The fourth-order valence-electron chi connectivity index (χ4n) is 3.72. The van der Waals surface area contributed by atoms with Gasteiger partial charge in [0.1, 0.15) is 0 Å². The van der Waals surface area contributed by atoms with E-state index in [1.165, 1.54) is 21.0 Å². The number of morpholine rings is 1. The Morgan fingerprint density at radius 3 is 2.72 bits per heavy atom. The normalized spacial score (nSPS) is 22.0. The lowest BCUT2D eigenvalue weighted by Crippen LogP contribution is -2.53. The Kier molecular flexibility index (Phi) is 5.47.